The fourth-order valence-electron chi connectivity index (χ4n) is 2.93. The second kappa shape index (κ2) is 7.37. The number of halogens is 1. The Morgan fingerprint density at radius 2 is 1.93 bits per heavy atom. The van der Waals surface area contributed by atoms with Crippen molar-refractivity contribution >= 4 is 16.8 Å². The van der Waals surface area contributed by atoms with Crippen molar-refractivity contribution in [3.63, 3.8) is 0 Å². The summed E-state index contributed by atoms with van der Waals surface area (Å²) in [5.74, 6) is -0.645. The summed E-state index contributed by atoms with van der Waals surface area (Å²) in [7, 11) is 0. The number of hydrogen-bond acceptors (Lipinski definition) is 4. The zero-order valence-corrected chi connectivity index (χ0v) is 14.4. The van der Waals surface area contributed by atoms with Crippen molar-refractivity contribution in [2.75, 3.05) is 6.54 Å². The van der Waals surface area contributed by atoms with Gasteiger partial charge in [0.2, 0.25) is 5.76 Å². The maximum atomic E-state index is 13.3. The van der Waals surface area contributed by atoms with Crippen LogP contribution in [-0.4, -0.2) is 22.6 Å². The molecule has 0 aliphatic carbocycles. The number of pyridine rings is 1. The van der Waals surface area contributed by atoms with Gasteiger partial charge in [-0.3, -0.25) is 9.78 Å². The molecule has 0 unspecified atom stereocenters. The summed E-state index contributed by atoms with van der Waals surface area (Å²) in [6.45, 7) is 0.435. The summed E-state index contributed by atoms with van der Waals surface area (Å²) in [6.07, 6.45) is 2.40. The normalized spacial score (nSPS) is 10.9. The molecule has 4 aromatic rings. The highest BCUT2D eigenvalue weighted by molar-refractivity contribution is 5.92. The Labute approximate surface area is 154 Å². The summed E-state index contributed by atoms with van der Waals surface area (Å²) in [5, 5.41) is 7.72. The van der Waals surface area contributed by atoms with E-state index in [1.165, 1.54) is 18.2 Å². The number of hydrogen-bond donors (Lipinski definition) is 1. The van der Waals surface area contributed by atoms with Crippen LogP contribution in [0.4, 0.5) is 4.39 Å². The van der Waals surface area contributed by atoms with Gasteiger partial charge in [-0.1, -0.05) is 41.6 Å². The number of fused-ring (bicyclic) bond motifs is 1. The quantitative estimate of drug-likeness (QED) is 0.583. The molecule has 0 fully saturated rings. The highest BCUT2D eigenvalue weighted by Gasteiger charge is 2.14. The molecule has 0 aliphatic rings. The lowest BCUT2D eigenvalue weighted by atomic mass is 10.1. The zero-order chi connectivity index (χ0) is 18.6. The molecule has 0 bridgehead atoms. The topological polar surface area (TPSA) is 68.0 Å². The molecule has 0 aliphatic heterocycles. The van der Waals surface area contributed by atoms with Crippen LogP contribution in [0, 0.1) is 5.82 Å². The van der Waals surface area contributed by atoms with Crippen LogP contribution < -0.4 is 5.32 Å². The predicted octanol–water partition coefficient (Wildman–Crippen LogP) is 4.00. The third kappa shape index (κ3) is 3.69. The summed E-state index contributed by atoms with van der Waals surface area (Å²) in [5.41, 5.74) is 2.96. The number of para-hydroxylation sites is 1. The first-order valence-electron chi connectivity index (χ1n) is 8.54. The van der Waals surface area contributed by atoms with Crippen LogP contribution in [0.1, 0.15) is 16.1 Å². The van der Waals surface area contributed by atoms with E-state index in [1.54, 1.807) is 18.3 Å². The summed E-state index contributed by atoms with van der Waals surface area (Å²) in [4.78, 5) is 16.7. The van der Waals surface area contributed by atoms with Gasteiger partial charge in [-0.25, -0.2) is 4.39 Å². The standard InChI is InChI=1S/C21H16FN3O2/c22-17-8-2-6-16(12-17)18-13-19(27-25-18)21(26)24-11-9-15-5-1-4-14-7-3-10-23-20(14)15/h1-8,10,12-13H,9,11H2,(H,24,26). The van der Waals surface area contributed by atoms with E-state index in [0.717, 1.165) is 16.5 Å². The van der Waals surface area contributed by atoms with Gasteiger partial charge in [0, 0.05) is 29.8 Å². The summed E-state index contributed by atoms with van der Waals surface area (Å²) < 4.78 is 18.4. The first-order valence-corrected chi connectivity index (χ1v) is 8.54. The lowest BCUT2D eigenvalue weighted by Crippen LogP contribution is -2.25. The van der Waals surface area contributed by atoms with E-state index in [0.29, 0.717) is 24.2 Å². The van der Waals surface area contributed by atoms with Crippen LogP contribution in [0.3, 0.4) is 0 Å². The molecule has 0 saturated carbocycles. The molecule has 0 spiro atoms. The molecule has 4 rings (SSSR count). The molecule has 1 amide bonds. The number of carbonyl (C=O) groups is 1. The Hall–Kier alpha value is -3.54. The number of aromatic nitrogens is 2. The van der Waals surface area contributed by atoms with Gasteiger partial charge >= 0.3 is 0 Å². The van der Waals surface area contributed by atoms with E-state index >= 15 is 0 Å². The highest BCUT2D eigenvalue weighted by atomic mass is 19.1. The second-order valence-electron chi connectivity index (χ2n) is 6.08. The predicted molar refractivity (Wildman–Crippen MR) is 99.7 cm³/mol. The van der Waals surface area contributed by atoms with Gasteiger partial charge in [0.05, 0.1) is 5.52 Å². The molecule has 6 heteroatoms. The molecule has 27 heavy (non-hydrogen) atoms. The minimum Gasteiger partial charge on any atom is -0.350 e. The molecule has 0 atom stereocenters. The Bertz CT molecular complexity index is 1100. The van der Waals surface area contributed by atoms with E-state index in [1.807, 2.05) is 30.3 Å². The fraction of sp³-hybridized carbons (Fsp3) is 0.0952. The summed E-state index contributed by atoms with van der Waals surface area (Å²) >= 11 is 0. The molecule has 2 aromatic carbocycles. The van der Waals surface area contributed by atoms with Crippen molar-refractivity contribution in [3.05, 3.63) is 84.0 Å². The van der Waals surface area contributed by atoms with Crippen LogP contribution in [0.5, 0.6) is 0 Å². The Morgan fingerprint density at radius 3 is 2.81 bits per heavy atom. The van der Waals surface area contributed by atoms with Crippen molar-refractivity contribution in [1.82, 2.24) is 15.5 Å². The average Bonchev–Trinajstić information content (AvgIpc) is 3.18. The Balaban J connectivity index is 1.41. The number of nitrogens with one attached hydrogen (secondary N) is 1. The molecule has 0 saturated heterocycles. The number of nitrogens with zero attached hydrogens (tertiary/aromatic N) is 2. The van der Waals surface area contributed by atoms with E-state index in [2.05, 4.69) is 15.5 Å². The first kappa shape index (κ1) is 16.9. The smallest absolute Gasteiger partial charge is 0.289 e. The van der Waals surface area contributed by atoms with E-state index < -0.39 is 0 Å². The van der Waals surface area contributed by atoms with Gasteiger partial charge in [0.15, 0.2) is 0 Å². The Morgan fingerprint density at radius 1 is 1.07 bits per heavy atom. The Kier molecular flexibility index (Phi) is 4.61. The third-order valence-corrected chi connectivity index (χ3v) is 4.25. The van der Waals surface area contributed by atoms with Crippen LogP contribution in [0.2, 0.25) is 0 Å². The highest BCUT2D eigenvalue weighted by Crippen LogP contribution is 2.20. The minimum atomic E-state index is -0.370. The van der Waals surface area contributed by atoms with Crippen LogP contribution >= 0.6 is 0 Å². The molecule has 2 aromatic heterocycles. The lowest BCUT2D eigenvalue weighted by Gasteiger charge is -2.06. The van der Waals surface area contributed by atoms with Crippen LogP contribution in [0.15, 0.2) is 71.4 Å². The zero-order valence-electron chi connectivity index (χ0n) is 14.4. The number of amides is 1. The number of rotatable bonds is 5. The molecular weight excluding hydrogens is 345 g/mol. The molecule has 5 nitrogen and oxygen atoms in total. The van der Waals surface area contributed by atoms with E-state index in [9.17, 15) is 9.18 Å². The summed E-state index contributed by atoms with van der Waals surface area (Å²) in [6, 6.07) is 17.4. The van der Waals surface area contributed by atoms with Gasteiger partial charge in [-0.15, -0.1) is 0 Å². The fourth-order valence-corrected chi connectivity index (χ4v) is 2.93. The van der Waals surface area contributed by atoms with Crippen LogP contribution in [0.25, 0.3) is 22.2 Å². The number of carbonyl (C=O) groups excluding carboxylic acids is 1. The minimum absolute atomic E-state index is 0.0882. The molecule has 134 valence electrons. The lowest BCUT2D eigenvalue weighted by molar-refractivity contribution is 0.0917. The van der Waals surface area contributed by atoms with Gasteiger partial charge in [-0.2, -0.15) is 0 Å². The van der Waals surface area contributed by atoms with Crippen molar-refractivity contribution in [2.24, 2.45) is 0 Å². The maximum Gasteiger partial charge on any atom is 0.289 e. The van der Waals surface area contributed by atoms with Crippen molar-refractivity contribution < 1.29 is 13.7 Å². The van der Waals surface area contributed by atoms with Gasteiger partial charge in [0.25, 0.3) is 5.91 Å². The van der Waals surface area contributed by atoms with Crippen molar-refractivity contribution in [1.29, 1.82) is 0 Å². The van der Waals surface area contributed by atoms with Gasteiger partial charge in [0.1, 0.15) is 11.5 Å². The molecular formula is C21H16FN3O2. The van der Waals surface area contributed by atoms with Gasteiger partial charge < -0.3 is 9.84 Å². The maximum absolute atomic E-state index is 13.3. The largest absolute Gasteiger partial charge is 0.350 e. The van der Waals surface area contributed by atoms with Crippen molar-refractivity contribution in [2.45, 2.75) is 6.42 Å². The monoisotopic (exact) mass is 361 g/mol. The third-order valence-electron chi connectivity index (χ3n) is 4.25. The second-order valence-corrected chi connectivity index (χ2v) is 6.08. The van der Waals surface area contributed by atoms with Gasteiger partial charge in [-0.05, 0) is 30.2 Å². The average molecular weight is 361 g/mol. The van der Waals surface area contributed by atoms with E-state index in [4.69, 9.17) is 4.52 Å². The van der Waals surface area contributed by atoms with Crippen molar-refractivity contribution in [3.8, 4) is 11.3 Å². The number of benzene rings is 2. The van der Waals surface area contributed by atoms with Crippen LogP contribution in [-0.2, 0) is 6.42 Å². The molecule has 1 N–H and O–H groups in total. The molecule has 2 heterocycles. The first-order chi connectivity index (χ1) is 13.2. The molecule has 0 radical (unpaired) electrons. The van der Waals surface area contributed by atoms with E-state index in [-0.39, 0.29) is 17.5 Å². The SMILES string of the molecule is O=C(NCCc1cccc2cccnc12)c1cc(-c2cccc(F)c2)no1.